The van der Waals surface area contributed by atoms with Crippen LogP contribution in [0.15, 0.2) is 42.0 Å². The Morgan fingerprint density at radius 3 is 2.53 bits per heavy atom. The standard InChI is InChI=1S/C18H26ClN3.C6H8O6/c1-4-22(5-2)12-6-7-14(3)21-17-10-11-20-18-13-15(19)8-9-16(17)18;7-1-2(8)5-3(9)4(10)6(11)12-5/h8-11,13-14H,4-7,12H2,1-3H3,(H,20,21);2,5,7-10H,1H2/t;2-,5?/m.0/s1. The van der Waals surface area contributed by atoms with Crippen LogP contribution in [0.2, 0.25) is 5.02 Å². The maximum absolute atomic E-state index is 10.5. The van der Waals surface area contributed by atoms with Crippen molar-refractivity contribution in [3.8, 4) is 0 Å². The molecule has 5 N–H and O–H groups in total. The van der Waals surface area contributed by atoms with Gasteiger partial charge in [0.25, 0.3) is 0 Å². The molecule has 2 unspecified atom stereocenters. The van der Waals surface area contributed by atoms with Crippen LogP contribution in [0.25, 0.3) is 10.9 Å². The minimum atomic E-state index is -1.42. The fraction of sp³-hybridized carbons (Fsp3) is 0.500. The molecule has 188 valence electrons. The van der Waals surface area contributed by atoms with E-state index in [9.17, 15) is 4.79 Å². The van der Waals surface area contributed by atoms with Gasteiger partial charge in [-0.15, -0.1) is 0 Å². The lowest BCUT2D eigenvalue weighted by molar-refractivity contribution is -0.147. The molecule has 2 aromatic rings. The maximum Gasteiger partial charge on any atom is 0.377 e. The normalized spacial score (nSPS) is 17.4. The minimum Gasteiger partial charge on any atom is -0.505 e. The zero-order valence-electron chi connectivity index (χ0n) is 19.7. The van der Waals surface area contributed by atoms with Crippen LogP contribution < -0.4 is 5.32 Å². The van der Waals surface area contributed by atoms with Gasteiger partial charge in [-0.1, -0.05) is 25.4 Å². The summed E-state index contributed by atoms with van der Waals surface area (Å²) in [6, 6.07) is 8.35. The van der Waals surface area contributed by atoms with E-state index in [1.807, 2.05) is 30.5 Å². The minimum absolute atomic E-state index is 0.442. The molecule has 3 atom stereocenters. The highest BCUT2D eigenvalue weighted by molar-refractivity contribution is 6.31. The molecule has 0 saturated heterocycles. The van der Waals surface area contributed by atoms with Gasteiger partial charge in [-0.05, 0) is 63.7 Å². The number of aromatic nitrogens is 1. The summed E-state index contributed by atoms with van der Waals surface area (Å²) in [5.74, 6) is -2.78. The third kappa shape index (κ3) is 7.46. The van der Waals surface area contributed by atoms with Crippen molar-refractivity contribution < 1.29 is 30.0 Å². The summed E-state index contributed by atoms with van der Waals surface area (Å²) in [5, 5.41) is 40.5. The summed E-state index contributed by atoms with van der Waals surface area (Å²) in [6.07, 6.45) is 1.43. The van der Waals surface area contributed by atoms with E-state index >= 15 is 0 Å². The number of ether oxygens (including phenoxy) is 1. The SMILES string of the molecule is CCN(CC)CCCC(C)Nc1ccnc2cc(Cl)ccc12.O=C1OC([C@@H](O)CO)C(O)=C1O. The molecule has 1 aromatic heterocycles. The van der Waals surface area contributed by atoms with Gasteiger partial charge in [0, 0.05) is 28.3 Å². The van der Waals surface area contributed by atoms with Gasteiger partial charge in [-0.3, -0.25) is 4.98 Å². The Hall–Kier alpha value is -2.59. The first kappa shape index (κ1) is 27.7. The Bertz CT molecular complexity index is 982. The average molecular weight is 496 g/mol. The summed E-state index contributed by atoms with van der Waals surface area (Å²) in [5.41, 5.74) is 2.07. The zero-order chi connectivity index (χ0) is 25.3. The number of hydrogen-bond acceptors (Lipinski definition) is 9. The van der Waals surface area contributed by atoms with Crippen LogP contribution in [-0.2, 0) is 9.53 Å². The second-order valence-corrected chi connectivity index (χ2v) is 8.48. The lowest BCUT2D eigenvalue weighted by atomic mass is 10.1. The second-order valence-electron chi connectivity index (χ2n) is 8.04. The number of hydrogen-bond donors (Lipinski definition) is 5. The lowest BCUT2D eigenvalue weighted by Crippen LogP contribution is -2.31. The van der Waals surface area contributed by atoms with Crippen LogP contribution in [0.5, 0.6) is 0 Å². The molecule has 9 nitrogen and oxygen atoms in total. The lowest BCUT2D eigenvalue weighted by Gasteiger charge is -2.20. The number of carbonyl (C=O) groups excluding carboxylic acids is 1. The van der Waals surface area contributed by atoms with Crippen LogP contribution in [0.3, 0.4) is 0 Å². The molecule has 34 heavy (non-hydrogen) atoms. The Morgan fingerprint density at radius 2 is 1.94 bits per heavy atom. The molecule has 10 heteroatoms. The number of nitrogens with zero attached hydrogens (tertiary/aromatic N) is 2. The molecule has 0 saturated carbocycles. The first-order valence-corrected chi connectivity index (χ1v) is 11.7. The summed E-state index contributed by atoms with van der Waals surface area (Å²) in [6.45, 7) is 9.45. The largest absolute Gasteiger partial charge is 0.505 e. The van der Waals surface area contributed by atoms with Crippen molar-refractivity contribution in [1.82, 2.24) is 9.88 Å². The van der Waals surface area contributed by atoms with Gasteiger partial charge in [0.15, 0.2) is 11.9 Å². The van der Waals surface area contributed by atoms with Gasteiger partial charge < -0.3 is 35.4 Å². The Kier molecular flexibility index (Phi) is 10.8. The molecule has 3 rings (SSSR count). The molecule has 1 aromatic carbocycles. The van der Waals surface area contributed by atoms with Crippen molar-refractivity contribution in [1.29, 1.82) is 0 Å². The van der Waals surface area contributed by atoms with Gasteiger partial charge in [0.05, 0.1) is 12.1 Å². The summed E-state index contributed by atoms with van der Waals surface area (Å²) >= 11 is 6.04. The summed E-state index contributed by atoms with van der Waals surface area (Å²) < 4.78 is 4.32. The maximum atomic E-state index is 10.5. The van der Waals surface area contributed by atoms with Crippen molar-refractivity contribution in [3.05, 3.63) is 47.0 Å². The number of halogens is 1. The molecular weight excluding hydrogens is 462 g/mol. The number of fused-ring (bicyclic) bond motifs is 1. The molecule has 2 heterocycles. The Balaban J connectivity index is 0.000000287. The number of cyclic esters (lactones) is 1. The van der Waals surface area contributed by atoms with E-state index in [1.165, 1.54) is 13.0 Å². The number of carbonyl (C=O) groups is 1. The number of aliphatic hydroxyl groups is 4. The number of rotatable bonds is 10. The first-order chi connectivity index (χ1) is 16.2. The summed E-state index contributed by atoms with van der Waals surface area (Å²) in [4.78, 5) is 17.4. The topological polar surface area (TPSA) is 135 Å². The van der Waals surface area contributed by atoms with E-state index in [1.54, 1.807) is 0 Å². The van der Waals surface area contributed by atoms with E-state index in [2.05, 4.69) is 40.7 Å². The van der Waals surface area contributed by atoms with Crippen LogP contribution >= 0.6 is 11.6 Å². The average Bonchev–Trinajstić information content (AvgIpc) is 3.09. The van der Waals surface area contributed by atoms with Crippen LogP contribution in [-0.4, -0.2) is 80.8 Å². The van der Waals surface area contributed by atoms with Crippen LogP contribution in [0, 0.1) is 0 Å². The highest BCUT2D eigenvalue weighted by atomic mass is 35.5. The predicted octanol–water partition coefficient (Wildman–Crippen LogP) is 3.40. The van der Waals surface area contributed by atoms with Crippen molar-refractivity contribution in [2.45, 2.75) is 51.9 Å². The highest BCUT2D eigenvalue weighted by Crippen LogP contribution is 2.25. The summed E-state index contributed by atoms with van der Waals surface area (Å²) in [7, 11) is 0. The van der Waals surface area contributed by atoms with E-state index in [4.69, 9.17) is 32.0 Å². The van der Waals surface area contributed by atoms with Gasteiger partial charge in [-0.25, -0.2) is 4.79 Å². The van der Waals surface area contributed by atoms with Crippen molar-refractivity contribution in [2.24, 2.45) is 0 Å². The van der Waals surface area contributed by atoms with Gasteiger partial charge in [0.2, 0.25) is 5.76 Å². The zero-order valence-corrected chi connectivity index (χ0v) is 20.5. The number of pyridine rings is 1. The van der Waals surface area contributed by atoms with E-state index < -0.39 is 36.3 Å². The third-order valence-corrected chi connectivity index (χ3v) is 5.82. The predicted molar refractivity (Wildman–Crippen MR) is 132 cm³/mol. The Morgan fingerprint density at radius 1 is 1.24 bits per heavy atom. The number of anilines is 1. The molecule has 1 aliphatic heterocycles. The fourth-order valence-electron chi connectivity index (χ4n) is 3.57. The van der Waals surface area contributed by atoms with Crippen LogP contribution in [0.1, 0.15) is 33.6 Å². The van der Waals surface area contributed by atoms with Gasteiger partial charge >= 0.3 is 5.97 Å². The smallest absolute Gasteiger partial charge is 0.377 e. The third-order valence-electron chi connectivity index (χ3n) is 5.59. The number of benzene rings is 1. The van der Waals surface area contributed by atoms with E-state index in [0.29, 0.717) is 6.04 Å². The van der Waals surface area contributed by atoms with Crippen molar-refractivity contribution in [3.63, 3.8) is 0 Å². The number of aliphatic hydroxyl groups excluding tert-OH is 4. The van der Waals surface area contributed by atoms with E-state index in [-0.39, 0.29) is 0 Å². The molecular formula is C24H34ClN3O6. The van der Waals surface area contributed by atoms with Crippen molar-refractivity contribution >= 4 is 34.2 Å². The van der Waals surface area contributed by atoms with Crippen LogP contribution in [0.4, 0.5) is 5.69 Å². The molecule has 0 bridgehead atoms. The fourth-order valence-corrected chi connectivity index (χ4v) is 3.73. The van der Waals surface area contributed by atoms with E-state index in [0.717, 1.165) is 41.1 Å². The van der Waals surface area contributed by atoms with Crippen molar-refractivity contribution in [2.75, 3.05) is 31.6 Å². The quantitative estimate of drug-likeness (QED) is 0.314. The second kappa shape index (κ2) is 13.3. The number of esters is 1. The highest BCUT2D eigenvalue weighted by Gasteiger charge is 2.38. The van der Waals surface area contributed by atoms with Gasteiger partial charge in [0.1, 0.15) is 6.10 Å². The monoisotopic (exact) mass is 495 g/mol. The molecule has 0 aliphatic carbocycles. The Labute approximate surface area is 204 Å². The molecule has 0 spiro atoms. The molecule has 0 amide bonds. The molecule has 0 fully saturated rings. The molecule has 0 radical (unpaired) electrons. The first-order valence-electron chi connectivity index (χ1n) is 11.4. The molecule has 1 aliphatic rings. The van der Waals surface area contributed by atoms with Gasteiger partial charge in [-0.2, -0.15) is 0 Å². The number of nitrogens with one attached hydrogen (secondary N) is 1.